The first-order valence-corrected chi connectivity index (χ1v) is 12.8. The van der Waals surface area contributed by atoms with Gasteiger partial charge in [-0.2, -0.15) is 0 Å². The van der Waals surface area contributed by atoms with E-state index >= 15 is 0 Å². The Bertz CT molecular complexity index is 1180. The molecule has 4 nitrogen and oxygen atoms in total. The molecule has 2 heterocycles. The Morgan fingerprint density at radius 1 is 1.08 bits per heavy atom. The number of piperidine rings is 1. The zero-order valence-corrected chi connectivity index (χ0v) is 21.6. The molecule has 1 N–H and O–H groups in total. The van der Waals surface area contributed by atoms with Crippen LogP contribution in [0.2, 0.25) is 0 Å². The number of nitrogens with one attached hydrogen (secondary N) is 1. The summed E-state index contributed by atoms with van der Waals surface area (Å²) in [6, 6.07) is 17.4. The van der Waals surface area contributed by atoms with Crippen molar-refractivity contribution >= 4 is 11.6 Å². The molecule has 0 saturated carbocycles. The maximum absolute atomic E-state index is 13.6. The second kappa shape index (κ2) is 11.4. The molecule has 2 aliphatic rings. The minimum atomic E-state index is -0.371. The van der Waals surface area contributed by atoms with Crippen LogP contribution < -0.4 is 10.2 Å². The molecule has 1 saturated heterocycles. The minimum absolute atomic E-state index is 0.196. The molecule has 2 aliphatic heterocycles. The molecule has 0 radical (unpaired) electrons. The van der Waals surface area contributed by atoms with Crippen LogP contribution in [-0.4, -0.2) is 23.9 Å². The molecule has 0 unspecified atom stereocenters. The van der Waals surface area contributed by atoms with E-state index in [1.54, 1.807) is 11.1 Å². The lowest BCUT2D eigenvalue weighted by Crippen LogP contribution is -2.33. The monoisotopic (exact) mass is 485 g/mol. The highest BCUT2D eigenvalue weighted by atomic mass is 19.1. The summed E-state index contributed by atoms with van der Waals surface area (Å²) in [5.74, 6) is 0.0608. The molecule has 1 fully saturated rings. The lowest BCUT2D eigenvalue weighted by atomic mass is 9.89. The normalized spacial score (nSPS) is 17.1. The predicted molar refractivity (Wildman–Crippen MR) is 146 cm³/mol. The summed E-state index contributed by atoms with van der Waals surface area (Å²) >= 11 is 0. The third-order valence-corrected chi connectivity index (χ3v) is 7.19. The molecule has 0 aromatic heterocycles. The molecule has 1 amide bonds. The quantitative estimate of drug-likeness (QED) is 0.435. The van der Waals surface area contributed by atoms with Gasteiger partial charge in [0, 0.05) is 37.2 Å². The number of halogens is 1. The van der Waals surface area contributed by atoms with E-state index < -0.39 is 0 Å². The first-order valence-electron chi connectivity index (χ1n) is 12.8. The van der Waals surface area contributed by atoms with Gasteiger partial charge in [0.1, 0.15) is 11.5 Å². The Balaban J connectivity index is 1.34. The smallest absolute Gasteiger partial charge is 0.268 e. The Kier molecular flexibility index (Phi) is 8.09. The standard InChI is InChI=1S/C31H36FN3O/c1-5-23(3)30(35-19-16-28(32)20-24(35)4)31(36)33-21-25-8-12-29(13-9-25)34-17-14-27(15-18-34)26-10-6-22(2)7-11-26/h6-13,16,19-20,27H,4-5,14-15,17-18,21H2,1-3H3,(H,33,36)/b30-23+. The third-order valence-electron chi connectivity index (χ3n) is 7.19. The Morgan fingerprint density at radius 2 is 1.75 bits per heavy atom. The van der Waals surface area contributed by atoms with E-state index in [1.165, 1.54) is 29.0 Å². The van der Waals surface area contributed by atoms with Gasteiger partial charge in [-0.25, -0.2) is 4.39 Å². The van der Waals surface area contributed by atoms with Gasteiger partial charge in [0.2, 0.25) is 0 Å². The largest absolute Gasteiger partial charge is 0.371 e. The van der Waals surface area contributed by atoms with Gasteiger partial charge >= 0.3 is 0 Å². The van der Waals surface area contributed by atoms with Gasteiger partial charge in [0.05, 0.1) is 0 Å². The van der Waals surface area contributed by atoms with Crippen molar-refractivity contribution < 1.29 is 9.18 Å². The summed E-state index contributed by atoms with van der Waals surface area (Å²) < 4.78 is 13.6. The first-order chi connectivity index (χ1) is 17.4. The van der Waals surface area contributed by atoms with E-state index in [4.69, 9.17) is 0 Å². The van der Waals surface area contributed by atoms with Gasteiger partial charge in [0.25, 0.3) is 5.91 Å². The van der Waals surface area contributed by atoms with Gasteiger partial charge in [-0.3, -0.25) is 4.79 Å². The van der Waals surface area contributed by atoms with Crippen LogP contribution >= 0.6 is 0 Å². The molecule has 2 aromatic carbocycles. The van der Waals surface area contributed by atoms with Crippen molar-refractivity contribution in [3.63, 3.8) is 0 Å². The van der Waals surface area contributed by atoms with E-state index in [1.807, 2.05) is 13.8 Å². The summed E-state index contributed by atoms with van der Waals surface area (Å²) in [6.45, 7) is 12.5. The number of hydrogen-bond acceptors (Lipinski definition) is 3. The summed E-state index contributed by atoms with van der Waals surface area (Å²) in [6.07, 6.45) is 7.25. The number of benzene rings is 2. The van der Waals surface area contributed by atoms with Crippen molar-refractivity contribution in [2.24, 2.45) is 0 Å². The van der Waals surface area contributed by atoms with Crippen LogP contribution in [0.1, 0.15) is 55.7 Å². The number of hydrogen-bond donors (Lipinski definition) is 1. The van der Waals surface area contributed by atoms with Gasteiger partial charge in [0.15, 0.2) is 0 Å². The zero-order chi connectivity index (χ0) is 25.7. The van der Waals surface area contributed by atoms with Crippen molar-refractivity contribution in [2.45, 2.75) is 52.5 Å². The number of anilines is 1. The number of aryl methyl sites for hydroxylation is 1. The molecule has 4 rings (SSSR count). The molecular weight excluding hydrogens is 449 g/mol. The molecule has 5 heteroatoms. The van der Waals surface area contributed by atoms with Crippen molar-refractivity contribution in [3.8, 4) is 0 Å². The van der Waals surface area contributed by atoms with Crippen LogP contribution in [-0.2, 0) is 11.3 Å². The number of carbonyl (C=O) groups is 1. The molecule has 2 aromatic rings. The lowest BCUT2D eigenvalue weighted by Gasteiger charge is -2.34. The van der Waals surface area contributed by atoms with E-state index in [0.717, 1.165) is 37.1 Å². The summed E-state index contributed by atoms with van der Waals surface area (Å²) in [5.41, 5.74) is 6.86. The zero-order valence-electron chi connectivity index (χ0n) is 21.6. The highest BCUT2D eigenvalue weighted by Gasteiger charge is 2.23. The molecular formula is C31H36FN3O. The average Bonchev–Trinajstić information content (AvgIpc) is 2.89. The first kappa shape index (κ1) is 25.5. The highest BCUT2D eigenvalue weighted by molar-refractivity contribution is 5.94. The molecule has 188 valence electrons. The van der Waals surface area contributed by atoms with Gasteiger partial charge in [-0.15, -0.1) is 0 Å². The van der Waals surface area contributed by atoms with E-state index in [9.17, 15) is 9.18 Å². The van der Waals surface area contributed by atoms with Crippen molar-refractivity contribution in [2.75, 3.05) is 18.0 Å². The molecule has 36 heavy (non-hydrogen) atoms. The molecule has 0 bridgehead atoms. The fourth-order valence-electron chi connectivity index (χ4n) is 4.81. The number of amides is 1. The molecule has 0 atom stereocenters. The van der Waals surface area contributed by atoms with Crippen molar-refractivity contribution in [1.82, 2.24) is 10.2 Å². The van der Waals surface area contributed by atoms with Crippen molar-refractivity contribution in [1.29, 1.82) is 0 Å². The maximum Gasteiger partial charge on any atom is 0.268 e. The van der Waals surface area contributed by atoms with E-state index in [0.29, 0.717) is 30.3 Å². The topological polar surface area (TPSA) is 35.6 Å². The Morgan fingerprint density at radius 3 is 2.36 bits per heavy atom. The second-order valence-electron chi connectivity index (χ2n) is 9.71. The number of nitrogens with zero attached hydrogens (tertiary/aromatic N) is 2. The minimum Gasteiger partial charge on any atom is -0.371 e. The van der Waals surface area contributed by atoms with Gasteiger partial charge in [-0.1, -0.05) is 55.5 Å². The Hall–Kier alpha value is -3.60. The Labute approximate surface area is 214 Å². The van der Waals surface area contributed by atoms with Crippen LogP contribution in [0.25, 0.3) is 0 Å². The van der Waals surface area contributed by atoms with E-state index in [-0.39, 0.29) is 11.7 Å². The summed E-state index contributed by atoms with van der Waals surface area (Å²) in [7, 11) is 0. The molecule has 0 spiro atoms. The van der Waals surface area contributed by atoms with Crippen molar-refractivity contribution in [3.05, 3.63) is 113 Å². The van der Waals surface area contributed by atoms with E-state index in [2.05, 4.69) is 72.3 Å². The second-order valence-corrected chi connectivity index (χ2v) is 9.71. The molecule has 0 aliphatic carbocycles. The van der Waals surface area contributed by atoms with Gasteiger partial charge < -0.3 is 15.1 Å². The summed E-state index contributed by atoms with van der Waals surface area (Å²) in [4.78, 5) is 17.2. The van der Waals surface area contributed by atoms with Crippen LogP contribution in [0.15, 0.2) is 96.3 Å². The predicted octanol–water partition coefficient (Wildman–Crippen LogP) is 6.88. The summed E-state index contributed by atoms with van der Waals surface area (Å²) in [5, 5.41) is 3.03. The SMILES string of the molecule is C=C1C=C(F)C=CN1/C(C(=O)NCc1ccc(N2CCC(c3ccc(C)cc3)CC2)cc1)=C(\C)CC. The fourth-order valence-corrected chi connectivity index (χ4v) is 4.81. The third kappa shape index (κ3) is 5.96. The van der Waals surface area contributed by atoms with Crippen LogP contribution in [0, 0.1) is 6.92 Å². The average molecular weight is 486 g/mol. The number of rotatable bonds is 7. The lowest BCUT2D eigenvalue weighted by molar-refractivity contribution is -0.118. The fraction of sp³-hybridized carbons (Fsp3) is 0.323. The highest BCUT2D eigenvalue weighted by Crippen LogP contribution is 2.31. The maximum atomic E-state index is 13.6. The number of allylic oxidation sites excluding steroid dienone is 4. The van der Waals surface area contributed by atoms with Crippen LogP contribution in [0.3, 0.4) is 0 Å². The van der Waals surface area contributed by atoms with Crippen LogP contribution in [0.4, 0.5) is 10.1 Å². The van der Waals surface area contributed by atoms with Crippen LogP contribution in [0.5, 0.6) is 0 Å². The van der Waals surface area contributed by atoms with Gasteiger partial charge in [-0.05, 0) is 80.0 Å². The number of carbonyl (C=O) groups excluding carboxylic acids is 1.